The molecule has 7 aromatic rings. The van der Waals surface area contributed by atoms with E-state index in [1.165, 1.54) is 27.5 Å². The summed E-state index contributed by atoms with van der Waals surface area (Å²) in [4.78, 5) is 4.63. The lowest BCUT2D eigenvalue weighted by molar-refractivity contribution is 1.26. The maximum Gasteiger partial charge on any atom is 0.0468 e. The lowest BCUT2D eigenvalue weighted by Gasteiger charge is -2.28. The first-order chi connectivity index (χ1) is 21.2. The average molecular weight is 553 g/mol. The molecule has 206 valence electrons. The van der Waals surface area contributed by atoms with Crippen LogP contribution in [-0.2, 0) is 0 Å². The van der Waals surface area contributed by atoms with Crippen molar-refractivity contribution < 1.29 is 0 Å². The van der Waals surface area contributed by atoms with E-state index >= 15 is 0 Å². The molecule has 0 saturated heterocycles. The number of hydrogen-bond donors (Lipinski definition) is 0. The number of fused-ring (bicyclic) bond motifs is 1. The van der Waals surface area contributed by atoms with Crippen LogP contribution in [0.4, 0.5) is 34.1 Å². The van der Waals surface area contributed by atoms with E-state index in [4.69, 9.17) is 0 Å². The minimum absolute atomic E-state index is 1.10. The molecule has 2 heteroatoms. The zero-order chi connectivity index (χ0) is 29.0. The Balaban J connectivity index is 1.30. The Kier molecular flexibility index (Phi) is 7.17. The summed E-state index contributed by atoms with van der Waals surface area (Å²) in [5, 5.41) is 2.45. The van der Waals surface area contributed by atoms with Crippen LogP contribution in [0.3, 0.4) is 0 Å². The maximum absolute atomic E-state index is 2.34. The Morgan fingerprint density at radius 1 is 0.302 bits per heavy atom. The van der Waals surface area contributed by atoms with Crippen LogP contribution in [0.25, 0.3) is 21.9 Å². The van der Waals surface area contributed by atoms with Gasteiger partial charge in [0, 0.05) is 34.1 Å². The van der Waals surface area contributed by atoms with Crippen LogP contribution in [-0.4, -0.2) is 0 Å². The SMILES string of the molecule is Cc1ccc(-c2ccc(N(c3ccc(N(c4ccccc4)c4ccccc4)cc3)c3ccc4ccccc4c3)cc2)cc1. The van der Waals surface area contributed by atoms with Crippen molar-refractivity contribution >= 4 is 44.9 Å². The zero-order valence-corrected chi connectivity index (χ0v) is 24.1. The molecule has 0 N–H and O–H groups in total. The second-order valence-electron chi connectivity index (χ2n) is 10.8. The molecule has 2 nitrogen and oxygen atoms in total. The van der Waals surface area contributed by atoms with Crippen molar-refractivity contribution in [3.63, 3.8) is 0 Å². The number of para-hydroxylation sites is 2. The summed E-state index contributed by atoms with van der Waals surface area (Å²) in [6.45, 7) is 2.12. The van der Waals surface area contributed by atoms with Crippen molar-refractivity contribution in [1.82, 2.24) is 0 Å². The first-order valence-electron chi connectivity index (χ1n) is 14.7. The quantitative estimate of drug-likeness (QED) is 0.194. The highest BCUT2D eigenvalue weighted by molar-refractivity contribution is 5.90. The molecule has 0 saturated carbocycles. The van der Waals surface area contributed by atoms with Crippen molar-refractivity contribution in [1.29, 1.82) is 0 Å². The van der Waals surface area contributed by atoms with Gasteiger partial charge in [-0.1, -0.05) is 109 Å². The number of rotatable bonds is 7. The van der Waals surface area contributed by atoms with E-state index in [0.29, 0.717) is 0 Å². The Morgan fingerprint density at radius 3 is 1.21 bits per heavy atom. The number of aryl methyl sites for hydroxylation is 1. The molecule has 0 amide bonds. The molecule has 7 rings (SSSR count). The van der Waals surface area contributed by atoms with Crippen LogP contribution >= 0.6 is 0 Å². The van der Waals surface area contributed by atoms with E-state index in [0.717, 1.165) is 34.1 Å². The fraction of sp³-hybridized carbons (Fsp3) is 0.0244. The van der Waals surface area contributed by atoms with Crippen LogP contribution in [0.1, 0.15) is 5.56 Å². The first kappa shape index (κ1) is 26.3. The molecule has 0 bridgehead atoms. The van der Waals surface area contributed by atoms with Gasteiger partial charge < -0.3 is 9.80 Å². The minimum Gasteiger partial charge on any atom is -0.311 e. The first-order valence-corrected chi connectivity index (χ1v) is 14.7. The molecule has 0 atom stereocenters. The van der Waals surface area contributed by atoms with Gasteiger partial charge in [-0.3, -0.25) is 0 Å². The zero-order valence-electron chi connectivity index (χ0n) is 24.1. The number of anilines is 6. The lowest BCUT2D eigenvalue weighted by atomic mass is 10.0. The van der Waals surface area contributed by atoms with Gasteiger partial charge in [0.05, 0.1) is 0 Å². The van der Waals surface area contributed by atoms with Gasteiger partial charge in [0.25, 0.3) is 0 Å². The third-order valence-electron chi connectivity index (χ3n) is 7.90. The van der Waals surface area contributed by atoms with Crippen molar-refractivity contribution in [2.75, 3.05) is 9.80 Å². The van der Waals surface area contributed by atoms with Crippen molar-refractivity contribution in [3.8, 4) is 11.1 Å². The van der Waals surface area contributed by atoms with Gasteiger partial charge in [-0.2, -0.15) is 0 Å². The van der Waals surface area contributed by atoms with Gasteiger partial charge in [-0.25, -0.2) is 0 Å². The molecule has 0 radical (unpaired) electrons. The maximum atomic E-state index is 2.34. The molecule has 0 aliphatic rings. The highest BCUT2D eigenvalue weighted by Gasteiger charge is 2.16. The Bertz CT molecular complexity index is 1910. The molecule has 0 aliphatic carbocycles. The predicted octanol–water partition coefficient (Wildman–Crippen LogP) is 11.8. The van der Waals surface area contributed by atoms with Crippen LogP contribution in [0.2, 0.25) is 0 Å². The van der Waals surface area contributed by atoms with Gasteiger partial charge >= 0.3 is 0 Å². The van der Waals surface area contributed by atoms with E-state index in [-0.39, 0.29) is 0 Å². The van der Waals surface area contributed by atoms with Gasteiger partial charge in [0.15, 0.2) is 0 Å². The molecular weight excluding hydrogens is 520 g/mol. The average Bonchev–Trinajstić information content (AvgIpc) is 3.07. The Hall–Kier alpha value is -5.60. The summed E-state index contributed by atoms with van der Waals surface area (Å²) in [6, 6.07) is 62.7. The predicted molar refractivity (Wildman–Crippen MR) is 183 cm³/mol. The van der Waals surface area contributed by atoms with Crippen molar-refractivity contribution in [2.24, 2.45) is 0 Å². The van der Waals surface area contributed by atoms with Crippen molar-refractivity contribution in [2.45, 2.75) is 6.92 Å². The van der Waals surface area contributed by atoms with Crippen molar-refractivity contribution in [3.05, 3.63) is 181 Å². The summed E-state index contributed by atoms with van der Waals surface area (Å²) >= 11 is 0. The molecule has 0 fully saturated rings. The number of benzene rings is 7. The van der Waals surface area contributed by atoms with E-state index in [1.807, 2.05) is 0 Å². The van der Waals surface area contributed by atoms with Crippen LogP contribution in [0.15, 0.2) is 176 Å². The second kappa shape index (κ2) is 11.7. The lowest BCUT2D eigenvalue weighted by Crippen LogP contribution is -2.12. The second-order valence-corrected chi connectivity index (χ2v) is 10.8. The Morgan fingerprint density at radius 2 is 0.674 bits per heavy atom. The van der Waals surface area contributed by atoms with E-state index in [1.54, 1.807) is 0 Å². The monoisotopic (exact) mass is 552 g/mol. The van der Waals surface area contributed by atoms with E-state index in [9.17, 15) is 0 Å². The summed E-state index contributed by atoms with van der Waals surface area (Å²) in [6.07, 6.45) is 0. The summed E-state index contributed by atoms with van der Waals surface area (Å²) in [7, 11) is 0. The highest BCUT2D eigenvalue weighted by atomic mass is 15.2. The van der Waals surface area contributed by atoms with Gasteiger partial charge in [0.2, 0.25) is 0 Å². The fourth-order valence-corrected chi connectivity index (χ4v) is 5.66. The van der Waals surface area contributed by atoms with Crippen LogP contribution in [0.5, 0.6) is 0 Å². The molecule has 0 aliphatic heterocycles. The smallest absolute Gasteiger partial charge is 0.0468 e. The minimum atomic E-state index is 1.10. The van der Waals surface area contributed by atoms with Gasteiger partial charge in [0.1, 0.15) is 0 Å². The van der Waals surface area contributed by atoms with E-state index in [2.05, 4.69) is 193 Å². The molecule has 0 heterocycles. The number of hydrogen-bond acceptors (Lipinski definition) is 2. The van der Waals surface area contributed by atoms with Gasteiger partial charge in [-0.15, -0.1) is 0 Å². The summed E-state index contributed by atoms with van der Waals surface area (Å²) < 4.78 is 0. The van der Waals surface area contributed by atoms with Crippen LogP contribution in [0, 0.1) is 6.92 Å². The fourth-order valence-electron chi connectivity index (χ4n) is 5.66. The number of nitrogens with zero attached hydrogens (tertiary/aromatic N) is 2. The van der Waals surface area contributed by atoms with Gasteiger partial charge in [-0.05, 0) is 102 Å². The van der Waals surface area contributed by atoms with E-state index < -0.39 is 0 Å². The summed E-state index contributed by atoms with van der Waals surface area (Å²) in [5.74, 6) is 0. The molecule has 0 unspecified atom stereocenters. The third-order valence-corrected chi connectivity index (χ3v) is 7.90. The van der Waals surface area contributed by atoms with Crippen LogP contribution < -0.4 is 9.80 Å². The molecule has 0 spiro atoms. The molecule has 0 aromatic heterocycles. The standard InChI is InChI=1S/C41H32N2/c1-31-16-18-33(19-17-31)34-20-23-38(24-21-34)43(41-25-22-32-10-8-9-11-35(32)30-41)40-28-26-39(27-29-40)42(36-12-4-2-5-13-36)37-14-6-3-7-15-37/h2-30H,1H3. The normalized spacial score (nSPS) is 10.9. The third kappa shape index (κ3) is 5.51. The molecule has 7 aromatic carbocycles. The highest BCUT2D eigenvalue weighted by Crippen LogP contribution is 2.40. The topological polar surface area (TPSA) is 6.48 Å². The molecule has 43 heavy (non-hydrogen) atoms. The summed E-state index contributed by atoms with van der Waals surface area (Å²) in [5.41, 5.74) is 10.4. The largest absolute Gasteiger partial charge is 0.311 e. The molecular formula is C41H32N2. The Labute approximate surface area is 253 Å².